The van der Waals surface area contributed by atoms with E-state index in [0.717, 1.165) is 61.0 Å². The molecule has 208 valence electrons. The number of benzene rings is 4. The van der Waals surface area contributed by atoms with Crippen LogP contribution in [0.15, 0.2) is 60.7 Å². The van der Waals surface area contributed by atoms with E-state index in [0.29, 0.717) is 34.5 Å². The van der Waals surface area contributed by atoms with Gasteiger partial charge in [0, 0.05) is 30.7 Å². The average Bonchev–Trinajstić information content (AvgIpc) is 2.97. The molecule has 0 aliphatic carbocycles. The zero-order valence-electron chi connectivity index (χ0n) is 23.2. The van der Waals surface area contributed by atoms with Crippen molar-refractivity contribution in [1.29, 1.82) is 0 Å². The van der Waals surface area contributed by atoms with E-state index in [1.54, 1.807) is 6.07 Å². The molecule has 7 nitrogen and oxygen atoms in total. The molecule has 9 rings (SSSR count). The number of aromatic hydroxyl groups is 2. The highest BCUT2D eigenvalue weighted by molar-refractivity contribution is 5.67. The number of rotatable bonds is 0. The fourth-order valence-corrected chi connectivity index (χ4v) is 6.91. The Morgan fingerprint density at radius 3 is 2.15 bits per heavy atom. The van der Waals surface area contributed by atoms with Crippen LogP contribution in [0.5, 0.6) is 46.0 Å². The standard InChI is InChI=1S/C34H32N2O5/c1-35-11-9-21-17-30-31-18-24(21)25(35)14-20-5-8-27(37)29(15-20)39-23-6-3-19(4-7-23)13-26-32-22(10-12-36(26)2)16-28(38)33(40-30)34(32)41-31/h3-8,15-18,25-26,37-38H,9-14H2,1-2H3/t25-,26-/m0/s1. The lowest BCUT2D eigenvalue weighted by molar-refractivity contribution is 0.218. The Morgan fingerprint density at radius 2 is 1.32 bits per heavy atom. The summed E-state index contributed by atoms with van der Waals surface area (Å²) in [6.07, 6.45) is 3.23. The predicted molar refractivity (Wildman–Crippen MR) is 155 cm³/mol. The van der Waals surface area contributed by atoms with Crippen LogP contribution >= 0.6 is 0 Å². The van der Waals surface area contributed by atoms with E-state index in [1.807, 2.05) is 30.3 Å². The van der Waals surface area contributed by atoms with Crippen molar-refractivity contribution in [2.45, 2.75) is 37.8 Å². The second kappa shape index (κ2) is 9.16. The van der Waals surface area contributed by atoms with Gasteiger partial charge in [0.05, 0.1) is 0 Å². The normalized spacial score (nSPS) is 20.9. The second-order valence-corrected chi connectivity index (χ2v) is 11.8. The summed E-state index contributed by atoms with van der Waals surface area (Å²) in [5, 5.41) is 21.7. The third-order valence-corrected chi connectivity index (χ3v) is 9.23. The fourth-order valence-electron chi connectivity index (χ4n) is 6.91. The van der Waals surface area contributed by atoms with E-state index < -0.39 is 0 Å². The minimum Gasteiger partial charge on any atom is -0.504 e. The molecule has 2 N–H and O–H groups in total. The number of hydrogen-bond donors (Lipinski definition) is 2. The predicted octanol–water partition coefficient (Wildman–Crippen LogP) is 6.64. The van der Waals surface area contributed by atoms with E-state index in [-0.39, 0.29) is 23.6 Å². The van der Waals surface area contributed by atoms with Crippen LogP contribution in [0.4, 0.5) is 0 Å². The topological polar surface area (TPSA) is 74.6 Å². The maximum absolute atomic E-state index is 11.1. The fraction of sp³-hybridized carbons (Fsp3) is 0.294. The van der Waals surface area contributed by atoms with Crippen molar-refractivity contribution in [3.05, 3.63) is 94.0 Å². The maximum atomic E-state index is 11.1. The van der Waals surface area contributed by atoms with Crippen LogP contribution in [0.2, 0.25) is 0 Å². The van der Waals surface area contributed by atoms with E-state index in [1.165, 1.54) is 11.1 Å². The van der Waals surface area contributed by atoms with E-state index in [9.17, 15) is 10.2 Å². The Labute approximate surface area is 239 Å². The monoisotopic (exact) mass is 548 g/mol. The number of fused-ring (bicyclic) bond motifs is 2. The van der Waals surface area contributed by atoms with E-state index >= 15 is 0 Å². The largest absolute Gasteiger partial charge is 0.504 e. The summed E-state index contributed by atoms with van der Waals surface area (Å²) >= 11 is 0. The summed E-state index contributed by atoms with van der Waals surface area (Å²) in [5.41, 5.74) is 6.82. The highest BCUT2D eigenvalue weighted by atomic mass is 16.6. The molecule has 0 spiro atoms. The summed E-state index contributed by atoms with van der Waals surface area (Å²) in [6.45, 7) is 1.79. The van der Waals surface area contributed by atoms with Gasteiger partial charge in [-0.1, -0.05) is 18.2 Å². The first kappa shape index (κ1) is 24.6. The van der Waals surface area contributed by atoms with E-state index in [4.69, 9.17) is 14.2 Å². The zero-order chi connectivity index (χ0) is 27.8. The second-order valence-electron chi connectivity index (χ2n) is 11.8. The number of ether oxygens (including phenoxy) is 3. The Hall–Kier alpha value is -4.20. The Kier molecular flexibility index (Phi) is 5.49. The van der Waals surface area contributed by atoms with Crippen LogP contribution in [0.1, 0.15) is 45.5 Å². The molecule has 4 aromatic carbocycles. The van der Waals surface area contributed by atoms with Crippen molar-refractivity contribution < 1.29 is 24.4 Å². The van der Waals surface area contributed by atoms with Crippen molar-refractivity contribution in [2.75, 3.05) is 27.2 Å². The van der Waals surface area contributed by atoms with Gasteiger partial charge in [0.15, 0.2) is 34.5 Å². The summed E-state index contributed by atoms with van der Waals surface area (Å²) in [5.74, 6) is 3.71. The van der Waals surface area contributed by atoms with Gasteiger partial charge in [-0.2, -0.15) is 0 Å². The maximum Gasteiger partial charge on any atom is 0.212 e. The van der Waals surface area contributed by atoms with Gasteiger partial charge in [0.1, 0.15) is 5.75 Å². The Morgan fingerprint density at radius 1 is 0.634 bits per heavy atom. The van der Waals surface area contributed by atoms with Crippen LogP contribution in [0.25, 0.3) is 0 Å². The smallest absolute Gasteiger partial charge is 0.212 e. The van der Waals surface area contributed by atoms with Crippen molar-refractivity contribution in [3.63, 3.8) is 0 Å². The van der Waals surface area contributed by atoms with E-state index in [2.05, 4.69) is 48.2 Å². The van der Waals surface area contributed by atoms with Crippen LogP contribution in [0, 0.1) is 0 Å². The van der Waals surface area contributed by atoms with Gasteiger partial charge in [-0.15, -0.1) is 0 Å². The highest BCUT2D eigenvalue weighted by Crippen LogP contribution is 2.56. The van der Waals surface area contributed by atoms with Gasteiger partial charge < -0.3 is 24.4 Å². The third kappa shape index (κ3) is 4.03. The minimum absolute atomic E-state index is 0.0427. The molecule has 7 bridgehead atoms. The molecule has 0 saturated carbocycles. The summed E-state index contributed by atoms with van der Waals surface area (Å²) < 4.78 is 19.4. The van der Waals surface area contributed by atoms with Crippen LogP contribution in [0.3, 0.4) is 0 Å². The molecular weight excluding hydrogens is 516 g/mol. The van der Waals surface area contributed by atoms with Gasteiger partial charge in [0.25, 0.3) is 0 Å². The number of hydrogen-bond acceptors (Lipinski definition) is 7. The summed E-state index contributed by atoms with van der Waals surface area (Å²) in [7, 11) is 4.29. The quantitative estimate of drug-likeness (QED) is 0.225. The first-order valence-electron chi connectivity index (χ1n) is 14.3. The van der Waals surface area contributed by atoms with Gasteiger partial charge >= 0.3 is 0 Å². The lowest BCUT2D eigenvalue weighted by Crippen LogP contribution is -2.34. The molecule has 0 radical (unpaired) electrons. The molecule has 7 heteroatoms. The zero-order valence-corrected chi connectivity index (χ0v) is 23.2. The number of nitrogens with zero attached hydrogens (tertiary/aromatic N) is 2. The molecule has 5 aliphatic heterocycles. The Balaban J connectivity index is 1.33. The molecule has 5 aliphatic rings. The number of phenolic OH excluding ortho intramolecular Hbond substituents is 2. The van der Waals surface area contributed by atoms with Crippen molar-refractivity contribution in [3.8, 4) is 46.0 Å². The molecule has 0 unspecified atom stereocenters. The molecule has 0 saturated heterocycles. The molecule has 41 heavy (non-hydrogen) atoms. The SMILES string of the molecule is CN1CCc2cc3c4cc2[C@@H]1Cc1ccc(O)c(c1)Oc1ccc(cc1)C[C@H]1c2c(cc(O)c(c2O4)O3)CCN1C. The van der Waals surface area contributed by atoms with Crippen molar-refractivity contribution >= 4 is 0 Å². The molecule has 4 aromatic rings. The van der Waals surface area contributed by atoms with Gasteiger partial charge in [-0.3, -0.25) is 9.80 Å². The summed E-state index contributed by atoms with van der Waals surface area (Å²) in [4.78, 5) is 4.72. The highest BCUT2D eigenvalue weighted by Gasteiger charge is 2.36. The first-order valence-corrected chi connectivity index (χ1v) is 14.3. The first-order chi connectivity index (χ1) is 19.9. The Bertz CT molecular complexity index is 1700. The molecule has 2 atom stereocenters. The molecule has 0 aromatic heterocycles. The molecule has 0 amide bonds. The van der Waals surface area contributed by atoms with Crippen molar-refractivity contribution in [2.24, 2.45) is 0 Å². The van der Waals surface area contributed by atoms with Crippen LogP contribution < -0.4 is 14.2 Å². The lowest BCUT2D eigenvalue weighted by atomic mass is 9.86. The number of phenols is 2. The van der Waals surface area contributed by atoms with Gasteiger partial charge in [-0.25, -0.2) is 0 Å². The minimum atomic E-state index is 0.0427. The molecular formula is C34H32N2O5. The third-order valence-electron chi connectivity index (χ3n) is 9.23. The van der Waals surface area contributed by atoms with Crippen LogP contribution in [-0.2, 0) is 25.7 Å². The lowest BCUT2D eigenvalue weighted by Gasteiger charge is -2.38. The average molecular weight is 549 g/mol. The number of likely N-dealkylation sites (N-methyl/N-ethyl adjacent to an activating group) is 2. The van der Waals surface area contributed by atoms with Gasteiger partial charge in [0.2, 0.25) is 5.75 Å². The molecule has 5 heterocycles. The molecule has 0 fully saturated rings. The van der Waals surface area contributed by atoms with Gasteiger partial charge in [-0.05, 0) is 110 Å². The van der Waals surface area contributed by atoms with Crippen LogP contribution in [-0.4, -0.2) is 47.2 Å². The van der Waals surface area contributed by atoms with Crippen molar-refractivity contribution in [1.82, 2.24) is 9.80 Å². The summed E-state index contributed by atoms with van der Waals surface area (Å²) in [6, 6.07) is 19.9.